The summed E-state index contributed by atoms with van der Waals surface area (Å²) < 4.78 is 0. The molecule has 3 N–H and O–H groups in total. The molecule has 0 bridgehead atoms. The highest BCUT2D eigenvalue weighted by Gasteiger charge is 2.15. The highest BCUT2D eigenvalue weighted by molar-refractivity contribution is 5.97. The van der Waals surface area contributed by atoms with Gasteiger partial charge in [-0.25, -0.2) is 0 Å². The molecular formula is C12H14N2O3. The van der Waals surface area contributed by atoms with Crippen molar-refractivity contribution < 1.29 is 15.0 Å². The normalized spacial score (nSPS) is 11.5. The number of phenols is 2. The van der Waals surface area contributed by atoms with Gasteiger partial charge >= 0.3 is 0 Å². The van der Waals surface area contributed by atoms with Gasteiger partial charge in [0.25, 0.3) is 5.91 Å². The van der Waals surface area contributed by atoms with E-state index in [0.29, 0.717) is 6.42 Å². The molecule has 0 heterocycles. The predicted octanol–water partition coefficient (Wildman–Crippen LogP) is 1.52. The second kappa shape index (κ2) is 5.75. The number of phenolic OH excluding ortho intramolecular Hbond substituents is 2. The van der Waals surface area contributed by atoms with Crippen molar-refractivity contribution in [1.82, 2.24) is 5.32 Å². The number of nitrogens with one attached hydrogen (secondary N) is 1. The van der Waals surface area contributed by atoms with Crippen molar-refractivity contribution in [3.8, 4) is 17.6 Å². The molecule has 0 radical (unpaired) electrons. The standard InChI is InChI=1S/C12H14N2O3/c1-2-3-8(7-13)14-12(17)10-6-9(15)4-5-11(10)16/h4-6,8,15-16H,2-3H2,1H3,(H,14,17). The van der Waals surface area contributed by atoms with Crippen LogP contribution in [0.1, 0.15) is 30.1 Å². The number of nitrogens with zero attached hydrogens (tertiary/aromatic N) is 1. The van der Waals surface area contributed by atoms with E-state index in [1.165, 1.54) is 12.1 Å². The zero-order valence-corrected chi connectivity index (χ0v) is 9.47. The summed E-state index contributed by atoms with van der Waals surface area (Å²) in [4.78, 5) is 11.7. The number of hydrogen-bond acceptors (Lipinski definition) is 4. The van der Waals surface area contributed by atoms with Gasteiger partial charge in [0.15, 0.2) is 0 Å². The van der Waals surface area contributed by atoms with Crippen molar-refractivity contribution in [1.29, 1.82) is 5.26 Å². The minimum Gasteiger partial charge on any atom is -0.508 e. The molecule has 0 saturated carbocycles. The largest absolute Gasteiger partial charge is 0.508 e. The quantitative estimate of drug-likeness (QED) is 0.688. The van der Waals surface area contributed by atoms with E-state index < -0.39 is 11.9 Å². The van der Waals surface area contributed by atoms with Gasteiger partial charge < -0.3 is 15.5 Å². The third-order valence-electron chi connectivity index (χ3n) is 2.26. The van der Waals surface area contributed by atoms with Gasteiger partial charge in [-0.3, -0.25) is 4.79 Å². The van der Waals surface area contributed by atoms with Crippen LogP contribution in [0.25, 0.3) is 0 Å². The van der Waals surface area contributed by atoms with Gasteiger partial charge in [-0.1, -0.05) is 13.3 Å². The Morgan fingerprint density at radius 1 is 1.53 bits per heavy atom. The maximum atomic E-state index is 11.7. The molecule has 1 atom stereocenters. The smallest absolute Gasteiger partial charge is 0.256 e. The highest BCUT2D eigenvalue weighted by atomic mass is 16.3. The number of nitriles is 1. The van der Waals surface area contributed by atoms with Crippen LogP contribution >= 0.6 is 0 Å². The number of carbonyl (C=O) groups is 1. The SMILES string of the molecule is CCCC(C#N)NC(=O)c1cc(O)ccc1O. The fraction of sp³-hybridized carbons (Fsp3) is 0.333. The van der Waals surface area contributed by atoms with Crippen molar-refractivity contribution in [2.24, 2.45) is 0 Å². The topological polar surface area (TPSA) is 93.4 Å². The van der Waals surface area contributed by atoms with E-state index in [1.54, 1.807) is 0 Å². The van der Waals surface area contributed by atoms with Crippen LogP contribution in [0.4, 0.5) is 0 Å². The lowest BCUT2D eigenvalue weighted by Gasteiger charge is -2.11. The summed E-state index contributed by atoms with van der Waals surface area (Å²) in [5, 5.41) is 30.0. The fourth-order valence-corrected chi connectivity index (χ4v) is 1.40. The van der Waals surface area contributed by atoms with E-state index in [-0.39, 0.29) is 17.1 Å². The average molecular weight is 234 g/mol. The maximum absolute atomic E-state index is 11.7. The number of hydrogen-bond donors (Lipinski definition) is 3. The molecule has 90 valence electrons. The van der Waals surface area contributed by atoms with E-state index in [2.05, 4.69) is 5.32 Å². The van der Waals surface area contributed by atoms with Crippen LogP contribution < -0.4 is 5.32 Å². The number of amides is 1. The van der Waals surface area contributed by atoms with E-state index in [4.69, 9.17) is 5.26 Å². The maximum Gasteiger partial charge on any atom is 0.256 e. The Labute approximate surface area is 99.3 Å². The van der Waals surface area contributed by atoms with Crippen LogP contribution in [0.15, 0.2) is 18.2 Å². The summed E-state index contributed by atoms with van der Waals surface area (Å²) in [7, 11) is 0. The first-order chi connectivity index (χ1) is 8.08. The molecule has 0 aromatic heterocycles. The molecular weight excluding hydrogens is 220 g/mol. The van der Waals surface area contributed by atoms with Gasteiger partial charge in [0.2, 0.25) is 0 Å². The summed E-state index contributed by atoms with van der Waals surface area (Å²) in [5.74, 6) is -0.913. The molecule has 0 aliphatic rings. The van der Waals surface area contributed by atoms with Gasteiger partial charge in [-0.05, 0) is 24.6 Å². The molecule has 0 saturated heterocycles. The van der Waals surface area contributed by atoms with E-state index in [1.807, 2.05) is 13.0 Å². The van der Waals surface area contributed by atoms with E-state index in [9.17, 15) is 15.0 Å². The molecule has 1 aromatic carbocycles. The molecule has 1 amide bonds. The molecule has 0 spiro atoms. The zero-order valence-electron chi connectivity index (χ0n) is 9.47. The van der Waals surface area contributed by atoms with E-state index >= 15 is 0 Å². The first kappa shape index (κ1) is 12.8. The minimum atomic E-state index is -0.589. The Bertz CT molecular complexity index is 452. The Morgan fingerprint density at radius 3 is 2.82 bits per heavy atom. The summed E-state index contributed by atoms with van der Waals surface area (Å²) >= 11 is 0. The van der Waals surface area contributed by atoms with Gasteiger partial charge in [-0.15, -0.1) is 0 Å². The summed E-state index contributed by atoms with van der Waals surface area (Å²) in [6, 6.07) is 5.04. The van der Waals surface area contributed by atoms with Crippen molar-refractivity contribution in [2.75, 3.05) is 0 Å². The number of carbonyl (C=O) groups excluding carboxylic acids is 1. The van der Waals surface area contributed by atoms with Crippen LogP contribution in [0.2, 0.25) is 0 Å². The van der Waals surface area contributed by atoms with Crippen LogP contribution in [0.3, 0.4) is 0 Å². The fourth-order valence-electron chi connectivity index (χ4n) is 1.40. The molecule has 0 aliphatic heterocycles. The average Bonchev–Trinajstić information content (AvgIpc) is 2.31. The molecule has 17 heavy (non-hydrogen) atoms. The molecule has 5 heteroatoms. The Balaban J connectivity index is 2.83. The summed E-state index contributed by atoms with van der Waals surface area (Å²) in [5.41, 5.74) is -0.0404. The van der Waals surface area contributed by atoms with Crippen LogP contribution in [0.5, 0.6) is 11.5 Å². The molecule has 1 unspecified atom stereocenters. The Hall–Kier alpha value is -2.22. The van der Waals surface area contributed by atoms with Gasteiger partial charge in [-0.2, -0.15) is 5.26 Å². The van der Waals surface area contributed by atoms with Crippen molar-refractivity contribution in [2.45, 2.75) is 25.8 Å². The number of aromatic hydroxyl groups is 2. The molecule has 0 aliphatic carbocycles. The third-order valence-corrected chi connectivity index (χ3v) is 2.26. The second-order valence-electron chi connectivity index (χ2n) is 3.65. The van der Waals surface area contributed by atoms with Crippen LogP contribution in [-0.4, -0.2) is 22.2 Å². The first-order valence-electron chi connectivity index (χ1n) is 5.31. The van der Waals surface area contributed by atoms with Crippen molar-refractivity contribution >= 4 is 5.91 Å². The van der Waals surface area contributed by atoms with Gasteiger partial charge in [0.1, 0.15) is 17.5 Å². The second-order valence-corrected chi connectivity index (χ2v) is 3.65. The van der Waals surface area contributed by atoms with Crippen LogP contribution in [0, 0.1) is 11.3 Å². The van der Waals surface area contributed by atoms with E-state index in [0.717, 1.165) is 12.5 Å². The zero-order chi connectivity index (χ0) is 12.8. The predicted molar refractivity (Wildman–Crippen MR) is 61.5 cm³/mol. The van der Waals surface area contributed by atoms with Gasteiger partial charge in [0.05, 0.1) is 11.6 Å². The summed E-state index contributed by atoms with van der Waals surface area (Å²) in [6.45, 7) is 1.91. The number of benzene rings is 1. The first-order valence-corrected chi connectivity index (χ1v) is 5.31. The number of rotatable bonds is 4. The van der Waals surface area contributed by atoms with Crippen molar-refractivity contribution in [3.05, 3.63) is 23.8 Å². The lowest BCUT2D eigenvalue weighted by Crippen LogP contribution is -2.33. The molecule has 1 rings (SSSR count). The van der Waals surface area contributed by atoms with Gasteiger partial charge in [0, 0.05) is 0 Å². The van der Waals surface area contributed by atoms with Crippen molar-refractivity contribution in [3.63, 3.8) is 0 Å². The Kier molecular flexibility index (Phi) is 4.35. The van der Waals surface area contributed by atoms with Crippen LogP contribution in [-0.2, 0) is 0 Å². The lowest BCUT2D eigenvalue weighted by molar-refractivity contribution is 0.0941. The Morgan fingerprint density at radius 2 is 2.24 bits per heavy atom. The molecule has 5 nitrogen and oxygen atoms in total. The summed E-state index contributed by atoms with van der Waals surface area (Å²) in [6.07, 6.45) is 1.31. The highest BCUT2D eigenvalue weighted by Crippen LogP contribution is 2.21. The third kappa shape index (κ3) is 3.38. The molecule has 0 fully saturated rings. The lowest BCUT2D eigenvalue weighted by atomic mass is 10.1. The molecule has 1 aromatic rings. The minimum absolute atomic E-state index is 0.0404. The monoisotopic (exact) mass is 234 g/mol.